The highest BCUT2D eigenvalue weighted by atomic mass is 19.1. The molecule has 6 heteroatoms. The van der Waals surface area contributed by atoms with E-state index in [0.717, 1.165) is 18.4 Å². The van der Waals surface area contributed by atoms with Crippen molar-refractivity contribution in [2.45, 2.75) is 38.3 Å². The Labute approximate surface area is 152 Å². The number of piperidine rings is 1. The maximum atomic E-state index is 13.2. The van der Waals surface area contributed by atoms with Crippen LogP contribution in [0.15, 0.2) is 42.6 Å². The zero-order valence-corrected chi connectivity index (χ0v) is 15.1. The highest BCUT2D eigenvalue weighted by Crippen LogP contribution is 2.22. The van der Waals surface area contributed by atoms with Crippen molar-refractivity contribution in [3.05, 3.63) is 59.7 Å². The number of hydrogen-bond donors (Lipinski definition) is 1. The minimum absolute atomic E-state index is 0.00470. The van der Waals surface area contributed by atoms with Crippen LogP contribution in [0.2, 0.25) is 0 Å². The van der Waals surface area contributed by atoms with Crippen molar-refractivity contribution in [1.29, 1.82) is 0 Å². The summed E-state index contributed by atoms with van der Waals surface area (Å²) in [5.41, 5.74) is 1.54. The van der Waals surface area contributed by atoms with Gasteiger partial charge in [0.25, 0.3) is 5.91 Å². The zero-order valence-electron chi connectivity index (χ0n) is 15.1. The monoisotopic (exact) mass is 357 g/mol. The lowest BCUT2D eigenvalue weighted by Gasteiger charge is -2.41. The molecule has 0 aliphatic carbocycles. The molecule has 1 fully saturated rings. The molecule has 0 unspecified atom stereocenters. The quantitative estimate of drug-likeness (QED) is 0.914. The van der Waals surface area contributed by atoms with Crippen LogP contribution in [-0.4, -0.2) is 39.9 Å². The number of carbonyl (C=O) groups excluding carboxylic acids is 2. The summed E-state index contributed by atoms with van der Waals surface area (Å²) in [5.74, 6) is -0.429. The predicted molar refractivity (Wildman–Crippen MR) is 97.2 cm³/mol. The Balaban J connectivity index is 1.80. The summed E-state index contributed by atoms with van der Waals surface area (Å²) >= 11 is 0. The second-order valence-corrected chi connectivity index (χ2v) is 6.84. The molecule has 3 rings (SSSR count). The Hall–Kier alpha value is -2.63. The number of aryl methyl sites for hydroxylation is 1. The van der Waals surface area contributed by atoms with E-state index >= 15 is 0 Å². The standard InChI is InChI=1S/C20H24FN3O2/c1-14(25)24-12-3-5-17(22-20(26)18-6-4-11-23(18)2)19(24)13-15-7-9-16(21)10-8-15/h4,6-11,17,19H,3,5,12-13H2,1-2H3,(H,22,26)/t17-,19-/m0/s1. The molecule has 0 saturated carbocycles. The van der Waals surface area contributed by atoms with Crippen LogP contribution in [0, 0.1) is 5.82 Å². The Morgan fingerprint density at radius 2 is 1.96 bits per heavy atom. The molecule has 26 heavy (non-hydrogen) atoms. The molecule has 1 aliphatic rings. The largest absolute Gasteiger partial charge is 0.347 e. The summed E-state index contributed by atoms with van der Waals surface area (Å²) in [4.78, 5) is 26.6. The lowest BCUT2D eigenvalue weighted by Crippen LogP contribution is -2.57. The summed E-state index contributed by atoms with van der Waals surface area (Å²) in [6.45, 7) is 2.23. The Bertz CT molecular complexity index is 785. The van der Waals surface area contributed by atoms with E-state index in [9.17, 15) is 14.0 Å². The van der Waals surface area contributed by atoms with Crippen LogP contribution in [-0.2, 0) is 18.3 Å². The molecule has 2 atom stereocenters. The number of nitrogens with one attached hydrogen (secondary N) is 1. The Morgan fingerprint density at radius 3 is 2.58 bits per heavy atom. The minimum atomic E-state index is -0.283. The number of hydrogen-bond acceptors (Lipinski definition) is 2. The molecular weight excluding hydrogens is 333 g/mol. The molecule has 2 amide bonds. The Morgan fingerprint density at radius 1 is 1.23 bits per heavy atom. The van der Waals surface area contributed by atoms with Gasteiger partial charge in [0.2, 0.25) is 5.91 Å². The molecule has 1 aromatic carbocycles. The summed E-state index contributed by atoms with van der Waals surface area (Å²) in [5, 5.41) is 3.10. The summed E-state index contributed by atoms with van der Waals surface area (Å²) in [6.07, 6.45) is 4.06. The normalized spacial score (nSPS) is 20.0. The van der Waals surface area contributed by atoms with Gasteiger partial charge >= 0.3 is 0 Å². The van der Waals surface area contributed by atoms with Crippen LogP contribution in [0.25, 0.3) is 0 Å². The number of benzene rings is 1. The molecule has 2 heterocycles. The van der Waals surface area contributed by atoms with E-state index in [-0.39, 0.29) is 29.7 Å². The number of rotatable bonds is 4. The first-order valence-corrected chi connectivity index (χ1v) is 8.89. The van der Waals surface area contributed by atoms with Crippen LogP contribution < -0.4 is 5.32 Å². The van der Waals surface area contributed by atoms with Gasteiger partial charge in [0.15, 0.2) is 0 Å². The van der Waals surface area contributed by atoms with Gasteiger partial charge in [0, 0.05) is 26.7 Å². The third-order valence-electron chi connectivity index (χ3n) is 5.03. The maximum Gasteiger partial charge on any atom is 0.268 e. The summed E-state index contributed by atoms with van der Waals surface area (Å²) < 4.78 is 15.0. The third-order valence-corrected chi connectivity index (χ3v) is 5.03. The molecule has 1 aliphatic heterocycles. The fourth-order valence-corrected chi connectivity index (χ4v) is 3.67. The molecule has 138 valence electrons. The van der Waals surface area contributed by atoms with Gasteiger partial charge in [-0.2, -0.15) is 0 Å². The third kappa shape index (κ3) is 3.95. The van der Waals surface area contributed by atoms with Crippen molar-refractivity contribution in [3.63, 3.8) is 0 Å². The molecule has 2 aromatic rings. The van der Waals surface area contributed by atoms with Gasteiger partial charge in [-0.05, 0) is 49.1 Å². The van der Waals surface area contributed by atoms with Gasteiger partial charge in [-0.25, -0.2) is 4.39 Å². The lowest BCUT2D eigenvalue weighted by molar-refractivity contribution is -0.133. The minimum Gasteiger partial charge on any atom is -0.347 e. The smallest absolute Gasteiger partial charge is 0.268 e. The molecule has 5 nitrogen and oxygen atoms in total. The van der Waals surface area contributed by atoms with E-state index in [0.29, 0.717) is 18.7 Å². The van der Waals surface area contributed by atoms with Crippen molar-refractivity contribution >= 4 is 11.8 Å². The molecule has 1 saturated heterocycles. The van der Waals surface area contributed by atoms with Crippen LogP contribution in [0.1, 0.15) is 35.8 Å². The van der Waals surface area contributed by atoms with Gasteiger partial charge in [-0.15, -0.1) is 0 Å². The average Bonchev–Trinajstić information content (AvgIpc) is 3.04. The van der Waals surface area contributed by atoms with Crippen molar-refractivity contribution in [2.24, 2.45) is 7.05 Å². The topological polar surface area (TPSA) is 54.3 Å². The molecule has 0 bridgehead atoms. The van der Waals surface area contributed by atoms with E-state index in [1.165, 1.54) is 12.1 Å². The molecule has 0 spiro atoms. The number of amides is 2. The fourth-order valence-electron chi connectivity index (χ4n) is 3.67. The van der Waals surface area contributed by atoms with Crippen molar-refractivity contribution < 1.29 is 14.0 Å². The van der Waals surface area contributed by atoms with E-state index in [2.05, 4.69) is 5.32 Å². The van der Waals surface area contributed by atoms with Gasteiger partial charge < -0.3 is 14.8 Å². The second kappa shape index (κ2) is 7.72. The summed E-state index contributed by atoms with van der Waals surface area (Å²) in [6, 6.07) is 9.64. The van der Waals surface area contributed by atoms with Gasteiger partial charge in [0.05, 0.1) is 12.1 Å². The first-order chi connectivity index (χ1) is 12.5. The van der Waals surface area contributed by atoms with E-state index < -0.39 is 0 Å². The molecule has 1 aromatic heterocycles. The fraction of sp³-hybridized carbons (Fsp3) is 0.400. The highest BCUT2D eigenvalue weighted by Gasteiger charge is 2.34. The number of carbonyl (C=O) groups is 2. The first kappa shape index (κ1) is 18.2. The van der Waals surface area contributed by atoms with Crippen LogP contribution in [0.3, 0.4) is 0 Å². The van der Waals surface area contributed by atoms with Crippen LogP contribution >= 0.6 is 0 Å². The van der Waals surface area contributed by atoms with Crippen molar-refractivity contribution in [3.8, 4) is 0 Å². The number of likely N-dealkylation sites (tertiary alicyclic amines) is 1. The average molecular weight is 357 g/mol. The van der Waals surface area contributed by atoms with Crippen molar-refractivity contribution in [1.82, 2.24) is 14.8 Å². The van der Waals surface area contributed by atoms with Crippen molar-refractivity contribution in [2.75, 3.05) is 6.54 Å². The predicted octanol–water partition coefficient (Wildman–Crippen LogP) is 2.52. The number of nitrogens with zero attached hydrogens (tertiary/aromatic N) is 2. The number of halogens is 1. The second-order valence-electron chi connectivity index (χ2n) is 6.84. The Kier molecular flexibility index (Phi) is 5.40. The van der Waals surface area contributed by atoms with E-state index in [1.807, 2.05) is 24.2 Å². The van der Waals surface area contributed by atoms with Crippen LogP contribution in [0.5, 0.6) is 0 Å². The lowest BCUT2D eigenvalue weighted by atomic mass is 9.90. The molecule has 1 N–H and O–H groups in total. The van der Waals surface area contributed by atoms with Gasteiger partial charge in [0.1, 0.15) is 11.5 Å². The zero-order chi connectivity index (χ0) is 18.7. The van der Waals surface area contributed by atoms with Gasteiger partial charge in [-0.3, -0.25) is 9.59 Å². The van der Waals surface area contributed by atoms with E-state index in [1.54, 1.807) is 29.7 Å². The molecule has 0 radical (unpaired) electrons. The molecular formula is C20H24FN3O2. The first-order valence-electron chi connectivity index (χ1n) is 8.89. The maximum absolute atomic E-state index is 13.2. The van der Waals surface area contributed by atoms with Crippen LogP contribution in [0.4, 0.5) is 4.39 Å². The highest BCUT2D eigenvalue weighted by molar-refractivity contribution is 5.93. The van der Waals surface area contributed by atoms with E-state index in [4.69, 9.17) is 0 Å². The number of aromatic nitrogens is 1. The van der Waals surface area contributed by atoms with Gasteiger partial charge in [-0.1, -0.05) is 12.1 Å². The SMILES string of the molecule is CC(=O)N1CCC[C@H](NC(=O)c2cccn2C)[C@@H]1Cc1ccc(F)cc1. The summed E-state index contributed by atoms with van der Waals surface area (Å²) in [7, 11) is 1.83.